The van der Waals surface area contributed by atoms with Gasteiger partial charge in [-0.05, 0) is 72.9 Å². The minimum atomic E-state index is -0.490. The molecule has 3 nitrogen and oxygen atoms in total. The van der Waals surface area contributed by atoms with Crippen LogP contribution in [-0.2, 0) is 31.0 Å². The predicted octanol–water partition coefficient (Wildman–Crippen LogP) is 5.80. The van der Waals surface area contributed by atoms with E-state index in [9.17, 15) is 0 Å². The van der Waals surface area contributed by atoms with Crippen molar-refractivity contribution in [2.24, 2.45) is 0 Å². The van der Waals surface area contributed by atoms with Crippen LogP contribution in [0.5, 0.6) is 0 Å². The number of allylic oxidation sites excluding steroid dienone is 12. The van der Waals surface area contributed by atoms with Gasteiger partial charge in [-0.3, -0.25) is 0 Å². The maximum absolute atomic E-state index is 7.50. The van der Waals surface area contributed by atoms with Gasteiger partial charge in [0.05, 0.1) is 26.5 Å². The maximum Gasteiger partial charge on any atom is 0 e. The molecule has 37 heavy (non-hydrogen) atoms. The third kappa shape index (κ3) is 8.78. The molecular formula is C31H28FeO3P2+2. The van der Waals surface area contributed by atoms with Crippen LogP contribution in [0.2, 0.25) is 0 Å². The molecule has 4 aliphatic heterocycles. The summed E-state index contributed by atoms with van der Waals surface area (Å²) in [5, 5.41) is 3.11. The molecule has 0 aromatic heterocycles. The van der Waals surface area contributed by atoms with Crippen LogP contribution >= 0.6 is 15.8 Å². The normalized spacial score (nSPS) is 26.0. The van der Waals surface area contributed by atoms with Crippen LogP contribution in [-0.4, -0.2) is 22.6 Å². The SMILES string of the molecule is C1=CC2C=CC(C=C1)[PH+]2c1ccccc1.C1=CC2C=CC(C=C1)[PH+]2c1ccccc1.[C-]#[O+].[C-]#[O+].[C-]#[O+].[Fe]. The topological polar surface area (TPSA) is 59.7 Å². The summed E-state index contributed by atoms with van der Waals surface area (Å²) in [5.74, 6) is 0. The van der Waals surface area contributed by atoms with Gasteiger partial charge in [0.25, 0.3) is 0 Å². The second kappa shape index (κ2) is 18.7. The van der Waals surface area contributed by atoms with Gasteiger partial charge in [0.1, 0.15) is 22.6 Å². The molecule has 0 saturated carbocycles. The fourth-order valence-electron chi connectivity index (χ4n) is 4.78. The van der Waals surface area contributed by atoms with Crippen molar-refractivity contribution in [3.8, 4) is 0 Å². The summed E-state index contributed by atoms with van der Waals surface area (Å²) in [7, 11) is -0.981. The van der Waals surface area contributed by atoms with Gasteiger partial charge in [-0.2, -0.15) is 0 Å². The van der Waals surface area contributed by atoms with Crippen molar-refractivity contribution in [3.63, 3.8) is 0 Å². The Hall–Kier alpha value is -2.52. The van der Waals surface area contributed by atoms with Crippen LogP contribution in [0.1, 0.15) is 0 Å². The van der Waals surface area contributed by atoms with Crippen molar-refractivity contribution in [1.82, 2.24) is 0 Å². The molecule has 6 rings (SSSR count). The summed E-state index contributed by atoms with van der Waals surface area (Å²) >= 11 is 0. The van der Waals surface area contributed by atoms with E-state index in [0.717, 1.165) is 0 Å². The van der Waals surface area contributed by atoms with Gasteiger partial charge in [0.15, 0.2) is 0 Å². The first-order valence-corrected chi connectivity index (χ1v) is 14.7. The summed E-state index contributed by atoms with van der Waals surface area (Å²) in [5.41, 5.74) is 2.71. The average Bonchev–Trinajstić information content (AvgIpc) is 3.40. The van der Waals surface area contributed by atoms with E-state index in [2.05, 4.69) is 154 Å². The smallest absolute Gasteiger partial charge is 0 e. The Bertz CT molecular complexity index is 1030. The molecule has 0 aliphatic carbocycles. The first kappa shape index (κ1) is 32.5. The van der Waals surface area contributed by atoms with Crippen molar-refractivity contribution >= 4 is 26.5 Å². The monoisotopic (exact) mass is 566 g/mol. The first-order valence-electron chi connectivity index (χ1n) is 11.4. The second-order valence-electron chi connectivity index (χ2n) is 8.06. The zero-order chi connectivity index (χ0) is 26.2. The molecule has 0 spiro atoms. The van der Waals surface area contributed by atoms with Gasteiger partial charge >= 0.3 is 33.9 Å². The van der Waals surface area contributed by atoms with Crippen LogP contribution in [0.4, 0.5) is 0 Å². The number of hydrogen-bond acceptors (Lipinski definition) is 0. The molecule has 4 bridgehead atoms. The molecule has 4 atom stereocenters. The summed E-state index contributed by atoms with van der Waals surface area (Å²) in [6.07, 6.45) is 27.7. The summed E-state index contributed by atoms with van der Waals surface area (Å²) in [6.45, 7) is 13.5. The molecule has 186 valence electrons. The predicted molar refractivity (Wildman–Crippen MR) is 151 cm³/mol. The maximum atomic E-state index is 7.50. The van der Waals surface area contributed by atoms with E-state index in [1.165, 1.54) is 0 Å². The summed E-state index contributed by atoms with van der Waals surface area (Å²) in [6, 6.07) is 22.0. The Morgan fingerprint density at radius 3 is 0.892 bits per heavy atom. The molecule has 0 radical (unpaired) electrons. The number of hydrogen-bond donors (Lipinski definition) is 0. The third-order valence-corrected chi connectivity index (χ3v) is 12.6. The fourth-order valence-corrected chi connectivity index (χ4v) is 10.9. The van der Waals surface area contributed by atoms with Crippen molar-refractivity contribution in [2.75, 3.05) is 0 Å². The van der Waals surface area contributed by atoms with E-state index < -0.39 is 15.8 Å². The van der Waals surface area contributed by atoms with E-state index in [-0.39, 0.29) is 17.1 Å². The van der Waals surface area contributed by atoms with E-state index >= 15 is 0 Å². The molecule has 4 aliphatic rings. The third-order valence-electron chi connectivity index (χ3n) is 6.20. The molecular weight excluding hydrogens is 538 g/mol. The van der Waals surface area contributed by atoms with Crippen LogP contribution in [0.25, 0.3) is 0 Å². The summed E-state index contributed by atoms with van der Waals surface area (Å²) < 4.78 is 22.5. The molecule has 0 saturated heterocycles. The quantitative estimate of drug-likeness (QED) is 0.145. The second-order valence-corrected chi connectivity index (χ2v) is 13.7. The zero-order valence-electron chi connectivity index (χ0n) is 20.1. The van der Waals surface area contributed by atoms with Crippen LogP contribution < -0.4 is 10.6 Å². The number of fused-ring (bicyclic) bond motifs is 4. The Kier molecular flexibility index (Phi) is 16.4. The molecule has 4 unspecified atom stereocenters. The Morgan fingerprint density at radius 1 is 0.405 bits per heavy atom. The van der Waals surface area contributed by atoms with Gasteiger partial charge < -0.3 is 0 Å². The Balaban J connectivity index is 0.000000302. The van der Waals surface area contributed by atoms with Gasteiger partial charge in [-0.1, -0.05) is 60.7 Å². The molecule has 0 amide bonds. The van der Waals surface area contributed by atoms with Crippen LogP contribution in [0.15, 0.2) is 134 Å². The van der Waals surface area contributed by atoms with E-state index in [1.54, 1.807) is 10.6 Å². The van der Waals surface area contributed by atoms with E-state index in [1.807, 2.05) is 0 Å². The van der Waals surface area contributed by atoms with Crippen molar-refractivity contribution in [2.45, 2.75) is 22.6 Å². The molecule has 6 heteroatoms. The van der Waals surface area contributed by atoms with Crippen LogP contribution in [0.3, 0.4) is 0 Å². The van der Waals surface area contributed by atoms with E-state index in [0.29, 0.717) is 22.6 Å². The van der Waals surface area contributed by atoms with Gasteiger partial charge in [0.2, 0.25) is 0 Å². The van der Waals surface area contributed by atoms with Crippen molar-refractivity contribution in [1.29, 1.82) is 0 Å². The van der Waals surface area contributed by atoms with Gasteiger partial charge in [-0.15, -0.1) is 0 Å². The Morgan fingerprint density at radius 2 is 0.649 bits per heavy atom. The first-order chi connectivity index (χ1) is 17.9. The molecule has 2 aromatic rings. The number of rotatable bonds is 2. The number of benzene rings is 2. The minimum absolute atomic E-state index is 0. The van der Waals surface area contributed by atoms with Gasteiger partial charge in [0, 0.05) is 17.1 Å². The van der Waals surface area contributed by atoms with Crippen LogP contribution in [0, 0.1) is 20.0 Å². The largest absolute Gasteiger partial charge is 0 e. The van der Waals surface area contributed by atoms with E-state index in [4.69, 9.17) is 14.0 Å². The molecule has 0 N–H and O–H groups in total. The standard InChI is InChI=1S/2C14H13P.3CO.Fe/c2*1-2-6-12(7-3-1)15-13-8-4-5-9-14(15)11-10-13;3*1-2;/h2*1-11,13-14H;;;;/p+2. The molecule has 2 aromatic carbocycles. The van der Waals surface area contributed by atoms with Crippen molar-refractivity contribution < 1.29 is 31.0 Å². The summed E-state index contributed by atoms with van der Waals surface area (Å²) in [4.78, 5) is 0. The zero-order valence-corrected chi connectivity index (χ0v) is 23.2. The fraction of sp³-hybridized carbons (Fsp3) is 0.129. The van der Waals surface area contributed by atoms with Crippen molar-refractivity contribution in [3.05, 3.63) is 154 Å². The Labute approximate surface area is 233 Å². The average molecular weight is 566 g/mol. The minimum Gasteiger partial charge on any atom is 0 e. The van der Waals surface area contributed by atoms with Gasteiger partial charge in [-0.25, -0.2) is 0 Å². The molecule has 4 heterocycles. The molecule has 0 fully saturated rings.